The summed E-state index contributed by atoms with van der Waals surface area (Å²) in [4.78, 5) is 23.6. The van der Waals surface area contributed by atoms with E-state index in [1.54, 1.807) is 0 Å². The molecule has 8 heteroatoms. The van der Waals surface area contributed by atoms with Crippen LogP contribution >= 0.6 is 0 Å². The summed E-state index contributed by atoms with van der Waals surface area (Å²) in [5.41, 5.74) is 1.82. The number of fused-ring (bicyclic) bond motifs is 6. The number of nitrogens with zero attached hydrogens (tertiary/aromatic N) is 2. The number of alkyl halides is 3. The Morgan fingerprint density at radius 3 is 2.12 bits per heavy atom. The van der Waals surface area contributed by atoms with Crippen molar-refractivity contribution in [3.05, 3.63) is 59.9 Å². The first-order chi connectivity index (χ1) is 15.0. The van der Waals surface area contributed by atoms with E-state index in [1.807, 2.05) is 24.3 Å². The second kappa shape index (κ2) is 6.43. The molecule has 166 valence electrons. The minimum atomic E-state index is -4.77. The number of aromatic nitrogens is 2. The fourth-order valence-corrected chi connectivity index (χ4v) is 5.53. The molecule has 0 radical (unpaired) electrons. The molecule has 1 fully saturated rings. The highest BCUT2D eigenvalue weighted by Gasteiger charge is 2.73. The standard InChI is InChI=1S/C24H22F3N3O2/c1-21(2)22(3)12-13-23(21,19-18(22)29-16-6-4-5-7-17(16)30-19)20(31)28-14-8-10-15(11-9-14)32-24(25,26)27/h4-11H,12-13H2,1-3H3,(H,28,31)/t22-,23-/m1/s1. The largest absolute Gasteiger partial charge is 0.573 e. The molecule has 2 aromatic carbocycles. The number of nitrogens with one attached hydrogen (secondary N) is 1. The summed E-state index contributed by atoms with van der Waals surface area (Å²) in [7, 11) is 0. The zero-order chi connectivity index (χ0) is 22.9. The lowest BCUT2D eigenvalue weighted by molar-refractivity contribution is -0.274. The van der Waals surface area contributed by atoms with Gasteiger partial charge in [-0.15, -0.1) is 13.2 Å². The molecule has 1 heterocycles. The van der Waals surface area contributed by atoms with Crippen LogP contribution in [-0.2, 0) is 15.6 Å². The second-order valence-corrected chi connectivity index (χ2v) is 9.30. The molecule has 32 heavy (non-hydrogen) atoms. The van der Waals surface area contributed by atoms with Gasteiger partial charge in [0, 0.05) is 11.1 Å². The average molecular weight is 441 g/mol. The Hall–Kier alpha value is -3.16. The first-order valence-electron chi connectivity index (χ1n) is 10.4. The summed E-state index contributed by atoms with van der Waals surface area (Å²) in [6.07, 6.45) is -3.35. The van der Waals surface area contributed by atoms with E-state index in [0.29, 0.717) is 17.8 Å². The number of hydrogen-bond acceptors (Lipinski definition) is 4. The number of carbonyl (C=O) groups is 1. The molecule has 0 spiro atoms. The number of ether oxygens (including phenoxy) is 1. The Balaban J connectivity index is 1.54. The second-order valence-electron chi connectivity index (χ2n) is 9.30. The van der Waals surface area contributed by atoms with Crippen molar-refractivity contribution in [2.45, 2.75) is 50.8 Å². The number of anilines is 1. The summed E-state index contributed by atoms with van der Waals surface area (Å²) >= 11 is 0. The van der Waals surface area contributed by atoms with Gasteiger partial charge in [-0.2, -0.15) is 0 Å². The highest BCUT2D eigenvalue weighted by Crippen LogP contribution is 2.70. The van der Waals surface area contributed by atoms with Gasteiger partial charge in [0.1, 0.15) is 5.75 Å². The van der Waals surface area contributed by atoms with Crippen LogP contribution in [0.5, 0.6) is 5.75 Å². The minimum absolute atomic E-state index is 0.223. The van der Waals surface area contributed by atoms with Gasteiger partial charge in [0.05, 0.1) is 27.8 Å². The Kier molecular flexibility index (Phi) is 4.17. The number of para-hydroxylation sites is 2. The molecule has 1 aromatic heterocycles. The van der Waals surface area contributed by atoms with Gasteiger partial charge >= 0.3 is 6.36 Å². The molecule has 1 N–H and O–H groups in total. The lowest BCUT2D eigenvalue weighted by Crippen LogP contribution is -2.48. The summed E-state index contributed by atoms with van der Waals surface area (Å²) in [5.74, 6) is -0.565. The van der Waals surface area contributed by atoms with Crippen molar-refractivity contribution in [2.75, 3.05) is 5.32 Å². The van der Waals surface area contributed by atoms with Crippen molar-refractivity contribution in [3.8, 4) is 5.75 Å². The van der Waals surface area contributed by atoms with Gasteiger partial charge in [0.15, 0.2) is 0 Å². The third-order valence-electron chi connectivity index (χ3n) is 7.68. The molecule has 3 aromatic rings. The van der Waals surface area contributed by atoms with Crippen molar-refractivity contribution in [1.29, 1.82) is 0 Å². The van der Waals surface area contributed by atoms with Crippen LogP contribution in [0.3, 0.4) is 0 Å². The van der Waals surface area contributed by atoms with Gasteiger partial charge in [-0.05, 0) is 54.7 Å². The van der Waals surface area contributed by atoms with Gasteiger partial charge in [-0.1, -0.05) is 32.9 Å². The highest BCUT2D eigenvalue weighted by atomic mass is 19.4. The maximum Gasteiger partial charge on any atom is 0.573 e. The number of amides is 1. The van der Waals surface area contributed by atoms with Crippen LogP contribution in [0, 0.1) is 5.41 Å². The van der Waals surface area contributed by atoms with Gasteiger partial charge in [0.25, 0.3) is 0 Å². The van der Waals surface area contributed by atoms with Crippen LogP contribution < -0.4 is 10.1 Å². The monoisotopic (exact) mass is 441 g/mol. The molecular weight excluding hydrogens is 419 g/mol. The maximum atomic E-state index is 13.8. The summed E-state index contributed by atoms with van der Waals surface area (Å²) < 4.78 is 41.2. The van der Waals surface area contributed by atoms with Crippen LogP contribution in [0.25, 0.3) is 11.0 Å². The van der Waals surface area contributed by atoms with Gasteiger partial charge < -0.3 is 10.1 Å². The van der Waals surface area contributed by atoms with E-state index in [-0.39, 0.29) is 17.1 Å². The maximum absolute atomic E-state index is 13.8. The molecule has 2 bridgehead atoms. The van der Waals surface area contributed by atoms with E-state index >= 15 is 0 Å². The fraction of sp³-hybridized carbons (Fsp3) is 0.375. The number of hydrogen-bond donors (Lipinski definition) is 1. The summed E-state index contributed by atoms with van der Waals surface area (Å²) in [6, 6.07) is 12.8. The molecule has 2 aliphatic rings. The number of halogens is 3. The van der Waals surface area contributed by atoms with Crippen molar-refractivity contribution >= 4 is 22.6 Å². The SMILES string of the molecule is CC1(C)[C@]2(C(=O)Nc3ccc(OC(F)(F)F)cc3)CC[C@]1(C)c1nc3ccccc3nc12. The highest BCUT2D eigenvalue weighted by molar-refractivity contribution is 6.02. The molecule has 0 saturated heterocycles. The minimum Gasteiger partial charge on any atom is -0.406 e. The molecule has 2 aliphatic carbocycles. The molecule has 5 nitrogen and oxygen atoms in total. The van der Waals surface area contributed by atoms with Crippen LogP contribution in [0.15, 0.2) is 48.5 Å². The van der Waals surface area contributed by atoms with Gasteiger partial charge in [-0.3, -0.25) is 4.79 Å². The number of rotatable bonds is 3. The first-order valence-corrected chi connectivity index (χ1v) is 10.4. The molecule has 5 rings (SSSR count). The Morgan fingerprint density at radius 2 is 1.53 bits per heavy atom. The van der Waals surface area contributed by atoms with Crippen molar-refractivity contribution in [1.82, 2.24) is 9.97 Å². The lowest BCUT2D eigenvalue weighted by atomic mass is 9.63. The van der Waals surface area contributed by atoms with E-state index in [1.165, 1.54) is 24.3 Å². The molecular formula is C24H22F3N3O2. The van der Waals surface area contributed by atoms with E-state index in [9.17, 15) is 18.0 Å². The zero-order valence-electron chi connectivity index (χ0n) is 17.9. The lowest BCUT2D eigenvalue weighted by Gasteiger charge is -2.39. The first kappa shape index (κ1) is 20.7. The molecule has 0 unspecified atom stereocenters. The number of carbonyl (C=O) groups excluding carboxylic acids is 1. The Bertz CT molecular complexity index is 1240. The normalized spacial score (nSPS) is 25.6. The third kappa shape index (κ3) is 2.68. The Morgan fingerprint density at radius 1 is 0.938 bits per heavy atom. The van der Waals surface area contributed by atoms with Gasteiger partial charge in [-0.25, -0.2) is 9.97 Å². The van der Waals surface area contributed by atoms with Crippen LogP contribution in [-0.4, -0.2) is 22.2 Å². The van der Waals surface area contributed by atoms with Crippen LogP contribution in [0.4, 0.5) is 18.9 Å². The van der Waals surface area contributed by atoms with Crippen LogP contribution in [0.2, 0.25) is 0 Å². The molecule has 2 atom stereocenters. The third-order valence-corrected chi connectivity index (χ3v) is 7.68. The summed E-state index contributed by atoms with van der Waals surface area (Å²) in [5, 5.41) is 2.91. The predicted molar refractivity (Wildman–Crippen MR) is 113 cm³/mol. The molecule has 1 saturated carbocycles. The molecule has 0 aliphatic heterocycles. The quantitative estimate of drug-likeness (QED) is 0.583. The van der Waals surface area contributed by atoms with E-state index in [0.717, 1.165) is 23.1 Å². The molecule has 1 amide bonds. The van der Waals surface area contributed by atoms with Crippen molar-refractivity contribution in [2.24, 2.45) is 5.41 Å². The van der Waals surface area contributed by atoms with E-state index in [4.69, 9.17) is 9.97 Å². The Labute approximate surface area is 183 Å². The zero-order valence-corrected chi connectivity index (χ0v) is 17.9. The van der Waals surface area contributed by atoms with E-state index < -0.39 is 17.2 Å². The fourth-order valence-electron chi connectivity index (χ4n) is 5.53. The topological polar surface area (TPSA) is 64.1 Å². The average Bonchev–Trinajstić information content (AvgIpc) is 3.02. The smallest absolute Gasteiger partial charge is 0.406 e. The van der Waals surface area contributed by atoms with Gasteiger partial charge in [0.2, 0.25) is 5.91 Å². The van der Waals surface area contributed by atoms with Crippen molar-refractivity contribution < 1.29 is 22.7 Å². The predicted octanol–water partition coefficient (Wildman–Crippen LogP) is 5.50. The van der Waals surface area contributed by atoms with Crippen molar-refractivity contribution in [3.63, 3.8) is 0 Å². The van der Waals surface area contributed by atoms with E-state index in [2.05, 4.69) is 30.8 Å². The van der Waals surface area contributed by atoms with Crippen LogP contribution in [0.1, 0.15) is 45.0 Å². The number of benzene rings is 2. The summed E-state index contributed by atoms with van der Waals surface area (Å²) in [6.45, 7) is 6.29.